The average molecular weight is 386 g/mol. The quantitative estimate of drug-likeness (QED) is 0.796. The maximum Gasteiger partial charge on any atom is 0.237 e. The molecule has 152 valence electrons. The molecule has 3 saturated heterocycles. The first-order valence-corrected chi connectivity index (χ1v) is 10.9. The van der Waals surface area contributed by atoms with Gasteiger partial charge in [0.1, 0.15) is 0 Å². The Morgan fingerprint density at radius 1 is 0.964 bits per heavy atom. The third-order valence-corrected chi connectivity index (χ3v) is 6.93. The van der Waals surface area contributed by atoms with Gasteiger partial charge in [-0.15, -0.1) is 0 Å². The van der Waals surface area contributed by atoms with Crippen molar-refractivity contribution in [1.29, 1.82) is 0 Å². The van der Waals surface area contributed by atoms with Crippen molar-refractivity contribution in [3.8, 4) is 11.5 Å². The monoisotopic (exact) mass is 385 g/mol. The number of piperidine rings is 2. The zero-order valence-electron chi connectivity index (χ0n) is 16.6. The molecule has 6 heteroatoms. The first-order valence-electron chi connectivity index (χ1n) is 10.9. The number of carbonyl (C=O) groups excluding carboxylic acids is 1. The predicted octanol–water partition coefficient (Wildman–Crippen LogP) is 2.32. The van der Waals surface area contributed by atoms with Gasteiger partial charge >= 0.3 is 0 Å². The maximum atomic E-state index is 12.8. The Labute approximate surface area is 167 Å². The van der Waals surface area contributed by atoms with Crippen molar-refractivity contribution in [3.05, 3.63) is 23.8 Å². The lowest BCUT2D eigenvalue weighted by atomic mass is 9.83. The summed E-state index contributed by atoms with van der Waals surface area (Å²) in [7, 11) is 0. The molecular weight excluding hydrogens is 354 g/mol. The van der Waals surface area contributed by atoms with Crippen molar-refractivity contribution >= 4 is 5.91 Å². The minimum absolute atomic E-state index is 0.250. The highest BCUT2D eigenvalue weighted by atomic mass is 16.7. The van der Waals surface area contributed by atoms with Gasteiger partial charge in [0, 0.05) is 32.2 Å². The summed E-state index contributed by atoms with van der Waals surface area (Å²) in [4.78, 5) is 19.9. The van der Waals surface area contributed by atoms with Crippen LogP contribution in [0.5, 0.6) is 11.5 Å². The summed E-state index contributed by atoms with van der Waals surface area (Å²) < 4.78 is 10.8. The Morgan fingerprint density at radius 2 is 1.86 bits per heavy atom. The van der Waals surface area contributed by atoms with Gasteiger partial charge in [0.25, 0.3) is 0 Å². The van der Waals surface area contributed by atoms with E-state index in [4.69, 9.17) is 9.47 Å². The Bertz CT molecular complexity index is 723. The number of benzene rings is 1. The topological polar surface area (TPSA) is 45.3 Å². The Hall–Kier alpha value is -1.79. The van der Waals surface area contributed by atoms with Gasteiger partial charge in [0.05, 0.1) is 6.54 Å². The fraction of sp³-hybridized carbons (Fsp3) is 0.682. The van der Waals surface area contributed by atoms with E-state index in [1.807, 2.05) is 23.1 Å². The number of carbonyl (C=O) groups is 1. The van der Waals surface area contributed by atoms with Crippen LogP contribution in [0.2, 0.25) is 0 Å². The van der Waals surface area contributed by atoms with E-state index in [1.165, 1.54) is 45.2 Å². The summed E-state index contributed by atoms with van der Waals surface area (Å²) in [6, 6.07) is 6.73. The van der Waals surface area contributed by atoms with Crippen LogP contribution < -0.4 is 9.47 Å². The molecule has 4 heterocycles. The van der Waals surface area contributed by atoms with Crippen LogP contribution >= 0.6 is 0 Å². The second-order valence-corrected chi connectivity index (χ2v) is 8.74. The predicted molar refractivity (Wildman–Crippen MR) is 106 cm³/mol. The van der Waals surface area contributed by atoms with Gasteiger partial charge in [-0.2, -0.15) is 0 Å². The van der Waals surface area contributed by atoms with E-state index in [9.17, 15) is 4.79 Å². The molecule has 4 aliphatic rings. The van der Waals surface area contributed by atoms with Gasteiger partial charge in [-0.05, 0) is 62.4 Å². The second kappa shape index (κ2) is 7.91. The second-order valence-electron chi connectivity index (χ2n) is 8.74. The van der Waals surface area contributed by atoms with Gasteiger partial charge in [-0.1, -0.05) is 12.5 Å². The van der Waals surface area contributed by atoms with Gasteiger partial charge in [-0.25, -0.2) is 0 Å². The first kappa shape index (κ1) is 18.3. The van der Waals surface area contributed by atoms with Crippen molar-refractivity contribution in [2.75, 3.05) is 46.1 Å². The molecule has 0 saturated carbocycles. The Morgan fingerprint density at radius 3 is 2.79 bits per heavy atom. The van der Waals surface area contributed by atoms with Crippen LogP contribution in [0.25, 0.3) is 0 Å². The van der Waals surface area contributed by atoms with E-state index in [-0.39, 0.29) is 12.7 Å². The van der Waals surface area contributed by atoms with Crippen molar-refractivity contribution in [2.45, 2.75) is 44.7 Å². The largest absolute Gasteiger partial charge is 0.454 e. The molecule has 6 nitrogen and oxygen atoms in total. The molecule has 0 aromatic heterocycles. The highest BCUT2D eigenvalue weighted by molar-refractivity contribution is 5.79. The minimum atomic E-state index is 0.250. The molecule has 28 heavy (non-hydrogen) atoms. The van der Waals surface area contributed by atoms with Crippen LogP contribution in [-0.2, 0) is 11.3 Å². The Kier molecular flexibility index (Phi) is 5.16. The molecular formula is C22H31N3O3. The molecule has 3 fully saturated rings. The van der Waals surface area contributed by atoms with Gasteiger partial charge in [-0.3, -0.25) is 9.69 Å². The molecule has 0 N–H and O–H groups in total. The maximum absolute atomic E-state index is 12.8. The van der Waals surface area contributed by atoms with Crippen LogP contribution in [0.4, 0.5) is 0 Å². The molecule has 0 unspecified atom stereocenters. The summed E-state index contributed by atoms with van der Waals surface area (Å²) in [6.45, 7) is 6.96. The number of ether oxygens (including phenoxy) is 2. The summed E-state index contributed by atoms with van der Waals surface area (Å²) >= 11 is 0. The number of hydrogen-bond acceptors (Lipinski definition) is 5. The number of rotatable bonds is 4. The molecule has 4 aliphatic heterocycles. The lowest BCUT2D eigenvalue weighted by Gasteiger charge is -2.46. The third-order valence-electron chi connectivity index (χ3n) is 6.93. The molecule has 0 radical (unpaired) electrons. The van der Waals surface area contributed by atoms with Gasteiger partial charge < -0.3 is 19.3 Å². The number of fused-ring (bicyclic) bond motifs is 2. The third kappa shape index (κ3) is 3.72. The summed E-state index contributed by atoms with van der Waals surface area (Å²) in [5, 5.41) is 0. The number of amides is 1. The number of hydrogen-bond donors (Lipinski definition) is 0. The van der Waals surface area contributed by atoms with Crippen molar-refractivity contribution in [1.82, 2.24) is 14.7 Å². The lowest BCUT2D eigenvalue weighted by Crippen LogP contribution is -2.55. The van der Waals surface area contributed by atoms with E-state index in [0.29, 0.717) is 13.1 Å². The van der Waals surface area contributed by atoms with Crippen molar-refractivity contribution < 1.29 is 14.3 Å². The molecule has 5 rings (SSSR count). The lowest BCUT2D eigenvalue weighted by molar-refractivity contribution is -0.137. The van der Waals surface area contributed by atoms with E-state index >= 15 is 0 Å². The number of piperazine rings is 1. The van der Waals surface area contributed by atoms with E-state index in [2.05, 4.69) is 9.80 Å². The smallest absolute Gasteiger partial charge is 0.237 e. The fourth-order valence-corrected chi connectivity index (χ4v) is 5.46. The van der Waals surface area contributed by atoms with E-state index in [1.54, 1.807) is 0 Å². The van der Waals surface area contributed by atoms with Crippen LogP contribution in [0.15, 0.2) is 18.2 Å². The fourth-order valence-electron chi connectivity index (χ4n) is 5.46. The number of nitrogens with zero attached hydrogens (tertiary/aromatic N) is 3. The molecule has 0 bridgehead atoms. The van der Waals surface area contributed by atoms with Crippen molar-refractivity contribution in [3.63, 3.8) is 0 Å². The molecule has 1 amide bonds. The van der Waals surface area contributed by atoms with E-state index < -0.39 is 0 Å². The molecule has 1 aromatic rings. The minimum Gasteiger partial charge on any atom is -0.454 e. The first-order chi connectivity index (χ1) is 13.8. The van der Waals surface area contributed by atoms with E-state index in [0.717, 1.165) is 48.7 Å². The van der Waals surface area contributed by atoms with Gasteiger partial charge in [0.2, 0.25) is 12.7 Å². The highest BCUT2D eigenvalue weighted by Gasteiger charge is 2.35. The van der Waals surface area contributed by atoms with Crippen LogP contribution in [-0.4, -0.2) is 72.7 Å². The highest BCUT2D eigenvalue weighted by Crippen LogP contribution is 2.33. The average Bonchev–Trinajstić information content (AvgIpc) is 3.18. The van der Waals surface area contributed by atoms with Crippen LogP contribution in [0, 0.1) is 5.92 Å². The zero-order chi connectivity index (χ0) is 18.9. The summed E-state index contributed by atoms with van der Waals surface area (Å²) in [5.41, 5.74) is 1.11. The Balaban J connectivity index is 1.16. The van der Waals surface area contributed by atoms with Crippen molar-refractivity contribution in [2.24, 2.45) is 5.92 Å². The van der Waals surface area contributed by atoms with Gasteiger partial charge in [0.15, 0.2) is 11.5 Å². The zero-order valence-corrected chi connectivity index (χ0v) is 16.6. The van der Waals surface area contributed by atoms with Crippen LogP contribution in [0.1, 0.15) is 37.7 Å². The molecule has 0 spiro atoms. The molecule has 1 aromatic carbocycles. The standard InChI is InChI=1S/C22H31N3O3/c26-22-15-23(14-18-4-3-9-24-8-2-1-5-19(18)24)10-11-25(22)13-17-6-7-20-21(12-17)28-16-27-20/h6-7,12,18-19H,1-5,8-11,13-16H2/t18-,19+/m0/s1. The normalized spacial score (nSPS) is 28.4. The summed E-state index contributed by atoms with van der Waals surface area (Å²) in [6.07, 6.45) is 6.73. The SMILES string of the molecule is O=C1CN(C[C@@H]2CCCN3CCCC[C@H]23)CCN1Cc1ccc2c(c1)OCO2. The molecule has 0 aliphatic carbocycles. The molecule has 2 atom stereocenters. The summed E-state index contributed by atoms with van der Waals surface area (Å²) in [5.74, 6) is 2.57. The van der Waals surface area contributed by atoms with Crippen LogP contribution in [0.3, 0.4) is 0 Å².